The van der Waals surface area contributed by atoms with E-state index in [1.165, 1.54) is 12.3 Å². The number of pyridine rings is 1. The van der Waals surface area contributed by atoms with Gasteiger partial charge in [-0.15, -0.1) is 0 Å². The molecule has 1 aliphatic heterocycles. The van der Waals surface area contributed by atoms with Gasteiger partial charge >= 0.3 is 0 Å². The molecule has 3 rings (SSSR count). The molecule has 1 atom stereocenters. The second-order valence-corrected chi connectivity index (χ2v) is 8.13. The van der Waals surface area contributed by atoms with Gasteiger partial charge in [-0.25, -0.2) is 13.4 Å². The van der Waals surface area contributed by atoms with Gasteiger partial charge in [0.2, 0.25) is 10.0 Å². The Morgan fingerprint density at radius 2 is 2.00 bits per heavy atom. The van der Waals surface area contributed by atoms with Gasteiger partial charge in [-0.2, -0.15) is 9.57 Å². The second kappa shape index (κ2) is 6.34. The Balaban J connectivity index is 1.99. The maximum Gasteiger partial charge on any atom is 0.246 e. The smallest absolute Gasteiger partial charge is 0.244 e. The van der Waals surface area contributed by atoms with E-state index >= 15 is 0 Å². The lowest BCUT2D eigenvalue weighted by atomic mass is 9.91. The molecule has 2 heterocycles. The highest BCUT2D eigenvalue weighted by Crippen LogP contribution is 2.37. The van der Waals surface area contributed by atoms with E-state index in [9.17, 15) is 13.7 Å². The number of sulfonamides is 1. The number of hydrogen-bond acceptors (Lipinski definition) is 4. The van der Waals surface area contributed by atoms with Crippen molar-refractivity contribution < 1.29 is 8.42 Å². The van der Waals surface area contributed by atoms with Gasteiger partial charge in [-0.3, -0.25) is 0 Å². The number of nitrogens with zero attached hydrogens (tertiary/aromatic N) is 3. The summed E-state index contributed by atoms with van der Waals surface area (Å²) < 4.78 is 27.9. The van der Waals surface area contributed by atoms with Crippen LogP contribution in [0.4, 0.5) is 0 Å². The molecule has 1 saturated heterocycles. The van der Waals surface area contributed by atoms with Crippen LogP contribution >= 0.6 is 0 Å². The molecule has 0 aliphatic carbocycles. The Morgan fingerprint density at radius 3 is 2.71 bits per heavy atom. The van der Waals surface area contributed by atoms with Gasteiger partial charge in [0.15, 0.2) is 5.69 Å². The van der Waals surface area contributed by atoms with Crippen LogP contribution in [0.1, 0.15) is 31.0 Å². The topological polar surface area (TPSA) is 74.1 Å². The van der Waals surface area contributed by atoms with E-state index in [-0.39, 0.29) is 10.6 Å². The van der Waals surface area contributed by atoms with Crippen LogP contribution in [0, 0.1) is 11.3 Å². The third-order valence-corrected chi connectivity index (χ3v) is 6.64. The molecule has 0 amide bonds. The Hall–Kier alpha value is -2.23. The van der Waals surface area contributed by atoms with Gasteiger partial charge in [0.25, 0.3) is 0 Å². The zero-order valence-corrected chi connectivity index (χ0v) is 14.3. The molecule has 5 nitrogen and oxygen atoms in total. The van der Waals surface area contributed by atoms with Gasteiger partial charge in [-0.1, -0.05) is 30.3 Å². The van der Waals surface area contributed by atoms with E-state index in [0.717, 1.165) is 18.4 Å². The molecule has 0 radical (unpaired) electrons. The van der Waals surface area contributed by atoms with Crippen molar-refractivity contribution >= 4 is 10.0 Å². The molecule has 1 aromatic heterocycles. The zero-order chi connectivity index (χ0) is 17.2. The first-order chi connectivity index (χ1) is 11.5. The molecule has 2 aromatic rings. The van der Waals surface area contributed by atoms with Gasteiger partial charge in [0.05, 0.1) is 0 Å². The Kier molecular flexibility index (Phi) is 4.39. The Morgan fingerprint density at radius 1 is 1.25 bits per heavy atom. The van der Waals surface area contributed by atoms with E-state index in [1.807, 2.05) is 43.3 Å². The van der Waals surface area contributed by atoms with Crippen molar-refractivity contribution in [1.29, 1.82) is 5.26 Å². The molecule has 0 saturated carbocycles. The molecular weight excluding hydrogens is 322 g/mol. The zero-order valence-electron chi connectivity index (χ0n) is 13.5. The fourth-order valence-corrected chi connectivity index (χ4v) is 5.36. The summed E-state index contributed by atoms with van der Waals surface area (Å²) in [6.45, 7) is 2.44. The summed E-state index contributed by atoms with van der Waals surface area (Å²) in [4.78, 5) is 3.89. The maximum atomic E-state index is 13.2. The van der Waals surface area contributed by atoms with Crippen LogP contribution in [0.2, 0.25) is 0 Å². The summed E-state index contributed by atoms with van der Waals surface area (Å²) in [6.07, 6.45) is 3.69. The summed E-state index contributed by atoms with van der Waals surface area (Å²) >= 11 is 0. The number of aromatic nitrogens is 1. The molecule has 1 aromatic carbocycles. The lowest BCUT2D eigenvalue weighted by Crippen LogP contribution is -2.46. The van der Waals surface area contributed by atoms with Crippen molar-refractivity contribution in [2.45, 2.75) is 36.6 Å². The third kappa shape index (κ3) is 2.93. The maximum absolute atomic E-state index is 13.2. The molecule has 0 spiro atoms. The minimum absolute atomic E-state index is 0.00585. The predicted molar refractivity (Wildman–Crippen MR) is 90.6 cm³/mol. The van der Waals surface area contributed by atoms with E-state index in [2.05, 4.69) is 4.98 Å². The minimum atomic E-state index is -3.76. The fraction of sp³-hybridized carbons (Fsp3) is 0.333. The number of rotatable bonds is 4. The number of benzene rings is 1. The minimum Gasteiger partial charge on any atom is -0.244 e. The first-order valence-corrected chi connectivity index (χ1v) is 9.33. The van der Waals surface area contributed by atoms with Crippen LogP contribution in [-0.4, -0.2) is 29.8 Å². The van der Waals surface area contributed by atoms with Crippen LogP contribution in [0.5, 0.6) is 0 Å². The van der Waals surface area contributed by atoms with Crippen molar-refractivity contribution in [2.75, 3.05) is 6.54 Å². The summed E-state index contributed by atoms with van der Waals surface area (Å²) in [7, 11) is -3.76. The highest BCUT2D eigenvalue weighted by molar-refractivity contribution is 7.89. The first kappa shape index (κ1) is 16.6. The Labute approximate surface area is 142 Å². The summed E-state index contributed by atoms with van der Waals surface area (Å²) in [6, 6.07) is 14.8. The summed E-state index contributed by atoms with van der Waals surface area (Å²) in [5.41, 5.74) is 0.559. The molecule has 0 N–H and O–H groups in total. The van der Waals surface area contributed by atoms with Gasteiger partial charge in [-0.05, 0) is 43.9 Å². The van der Waals surface area contributed by atoms with Gasteiger partial charge < -0.3 is 0 Å². The van der Waals surface area contributed by atoms with E-state index < -0.39 is 15.6 Å². The average molecular weight is 341 g/mol. The molecule has 6 heteroatoms. The van der Waals surface area contributed by atoms with E-state index in [1.54, 1.807) is 10.4 Å². The van der Waals surface area contributed by atoms with Gasteiger partial charge in [0, 0.05) is 18.3 Å². The first-order valence-electron chi connectivity index (χ1n) is 7.89. The summed E-state index contributed by atoms with van der Waals surface area (Å²) in [5.74, 6) is 0. The van der Waals surface area contributed by atoms with Crippen molar-refractivity contribution in [3.05, 3.63) is 59.9 Å². The lowest BCUT2D eigenvalue weighted by Gasteiger charge is -2.34. The quantitative estimate of drug-likeness (QED) is 0.857. The van der Waals surface area contributed by atoms with Crippen LogP contribution in [0.3, 0.4) is 0 Å². The van der Waals surface area contributed by atoms with Crippen LogP contribution in [0.15, 0.2) is 53.6 Å². The monoisotopic (exact) mass is 341 g/mol. The Bertz CT molecular complexity index is 875. The van der Waals surface area contributed by atoms with Crippen molar-refractivity contribution in [1.82, 2.24) is 9.29 Å². The SMILES string of the molecule is CC1(Cc2ccccc2)CCCN1S(=O)(=O)c1cccnc1C#N. The van der Waals surface area contributed by atoms with E-state index in [4.69, 9.17) is 0 Å². The average Bonchev–Trinajstić information content (AvgIpc) is 2.97. The largest absolute Gasteiger partial charge is 0.246 e. The molecule has 24 heavy (non-hydrogen) atoms. The molecule has 0 bridgehead atoms. The van der Waals surface area contributed by atoms with Crippen LogP contribution in [0.25, 0.3) is 0 Å². The van der Waals surface area contributed by atoms with E-state index in [0.29, 0.717) is 13.0 Å². The molecule has 1 fully saturated rings. The molecule has 124 valence electrons. The normalized spacial score (nSPS) is 21.5. The predicted octanol–water partition coefficient (Wildman–Crippen LogP) is 2.74. The standard InChI is InChI=1S/C18H19N3O2S/c1-18(13-15-7-3-2-4-8-15)10-6-12-21(18)24(22,23)17-9-5-11-20-16(17)14-19/h2-5,7-9,11H,6,10,12-13H2,1H3. The van der Waals surface area contributed by atoms with Crippen LogP contribution in [-0.2, 0) is 16.4 Å². The molecule has 1 aliphatic rings. The number of nitriles is 1. The second-order valence-electron chi connectivity index (χ2n) is 6.30. The van der Waals surface area contributed by atoms with Crippen molar-refractivity contribution in [3.63, 3.8) is 0 Å². The number of hydrogen-bond donors (Lipinski definition) is 0. The molecule has 1 unspecified atom stereocenters. The molecular formula is C18H19N3O2S. The van der Waals surface area contributed by atoms with Gasteiger partial charge in [0.1, 0.15) is 11.0 Å². The fourth-order valence-electron chi connectivity index (χ4n) is 3.42. The van der Waals surface area contributed by atoms with Crippen LogP contribution < -0.4 is 0 Å². The third-order valence-electron chi connectivity index (χ3n) is 4.55. The van der Waals surface area contributed by atoms with Crippen molar-refractivity contribution in [3.8, 4) is 6.07 Å². The lowest BCUT2D eigenvalue weighted by molar-refractivity contribution is 0.263. The highest BCUT2D eigenvalue weighted by Gasteiger charge is 2.45. The highest BCUT2D eigenvalue weighted by atomic mass is 32.2. The van der Waals surface area contributed by atoms with Crippen molar-refractivity contribution in [2.24, 2.45) is 0 Å². The summed E-state index contributed by atoms with van der Waals surface area (Å²) in [5, 5.41) is 9.19.